The van der Waals surface area contributed by atoms with Crippen LogP contribution in [0.2, 0.25) is 0 Å². The van der Waals surface area contributed by atoms with Crippen LogP contribution in [0.1, 0.15) is 25.2 Å². The van der Waals surface area contributed by atoms with E-state index < -0.39 is 0 Å². The topological polar surface area (TPSA) is 67.4 Å². The lowest BCUT2D eigenvalue weighted by Gasteiger charge is -2.34. The largest absolute Gasteiger partial charge is 0.373 e. The first-order valence-corrected chi connectivity index (χ1v) is 11.5. The van der Waals surface area contributed by atoms with Gasteiger partial charge in [0.2, 0.25) is 5.91 Å². The summed E-state index contributed by atoms with van der Waals surface area (Å²) in [5.74, 6) is -0.469. The lowest BCUT2D eigenvalue weighted by atomic mass is 10.2. The highest BCUT2D eigenvalue weighted by Crippen LogP contribution is 2.25. The standard InChI is InChI=1S/C21H23FN4O2S2/c1-13-8-26(9-14(2)28-13)10-18-12-30-21(24-18)25-19(27)7-17-11-29-20(23-17)15-4-3-5-16(22)6-15/h3-6,11-14H,7-10H2,1-2H3,(H,24,25,27). The molecule has 3 heterocycles. The van der Waals surface area contributed by atoms with Gasteiger partial charge in [0.1, 0.15) is 10.8 Å². The second kappa shape index (κ2) is 9.30. The molecule has 1 aliphatic heterocycles. The summed E-state index contributed by atoms with van der Waals surface area (Å²) < 4.78 is 19.2. The van der Waals surface area contributed by atoms with Crippen molar-refractivity contribution in [3.05, 3.63) is 52.2 Å². The minimum Gasteiger partial charge on any atom is -0.373 e. The van der Waals surface area contributed by atoms with E-state index in [0.29, 0.717) is 21.4 Å². The normalized spacial score (nSPS) is 19.7. The predicted molar refractivity (Wildman–Crippen MR) is 117 cm³/mol. The van der Waals surface area contributed by atoms with Crippen LogP contribution in [0.4, 0.5) is 9.52 Å². The molecule has 0 bridgehead atoms. The number of aromatic nitrogens is 2. The Morgan fingerprint density at radius 2 is 1.97 bits per heavy atom. The third kappa shape index (κ3) is 5.48. The molecule has 30 heavy (non-hydrogen) atoms. The number of thiazole rings is 2. The Balaban J connectivity index is 1.32. The Hall–Kier alpha value is -2.20. The van der Waals surface area contributed by atoms with Gasteiger partial charge >= 0.3 is 0 Å². The number of amides is 1. The van der Waals surface area contributed by atoms with Crippen molar-refractivity contribution in [2.75, 3.05) is 18.4 Å². The number of benzene rings is 1. The molecule has 1 fully saturated rings. The van der Waals surface area contributed by atoms with Gasteiger partial charge in [-0.3, -0.25) is 9.69 Å². The smallest absolute Gasteiger partial charge is 0.232 e. The van der Waals surface area contributed by atoms with E-state index in [-0.39, 0.29) is 30.4 Å². The summed E-state index contributed by atoms with van der Waals surface area (Å²) in [4.78, 5) is 23.7. The molecule has 0 saturated carbocycles. The molecular weight excluding hydrogens is 423 g/mol. The molecule has 158 valence electrons. The molecule has 1 N–H and O–H groups in total. The van der Waals surface area contributed by atoms with E-state index in [1.54, 1.807) is 12.1 Å². The van der Waals surface area contributed by atoms with E-state index in [1.807, 2.05) is 10.8 Å². The molecule has 0 spiro atoms. The van der Waals surface area contributed by atoms with Crippen LogP contribution in [0.5, 0.6) is 0 Å². The zero-order chi connectivity index (χ0) is 21.1. The van der Waals surface area contributed by atoms with Crippen LogP contribution >= 0.6 is 22.7 Å². The highest BCUT2D eigenvalue weighted by Gasteiger charge is 2.23. The third-order valence-corrected chi connectivity index (χ3v) is 6.39. The zero-order valence-electron chi connectivity index (χ0n) is 16.8. The molecule has 2 unspecified atom stereocenters. The van der Waals surface area contributed by atoms with Crippen molar-refractivity contribution in [2.24, 2.45) is 0 Å². The van der Waals surface area contributed by atoms with E-state index >= 15 is 0 Å². The number of anilines is 1. The molecule has 6 nitrogen and oxygen atoms in total. The maximum atomic E-state index is 13.4. The molecule has 2 atom stereocenters. The van der Waals surface area contributed by atoms with Crippen molar-refractivity contribution in [1.29, 1.82) is 0 Å². The molecule has 1 amide bonds. The highest BCUT2D eigenvalue weighted by atomic mass is 32.1. The first kappa shape index (κ1) is 21.0. The average Bonchev–Trinajstić information content (AvgIpc) is 3.30. The third-order valence-electron chi connectivity index (χ3n) is 4.64. The van der Waals surface area contributed by atoms with Crippen molar-refractivity contribution in [3.63, 3.8) is 0 Å². The number of halogens is 1. The average molecular weight is 447 g/mol. The Morgan fingerprint density at radius 1 is 1.20 bits per heavy atom. The monoisotopic (exact) mass is 446 g/mol. The number of ether oxygens (including phenoxy) is 1. The van der Waals surface area contributed by atoms with E-state index in [1.165, 1.54) is 34.8 Å². The minimum absolute atomic E-state index is 0.152. The molecule has 4 rings (SSSR count). The van der Waals surface area contributed by atoms with Crippen LogP contribution in [0, 0.1) is 5.82 Å². The van der Waals surface area contributed by atoms with Gasteiger partial charge in [0.15, 0.2) is 5.13 Å². The van der Waals surface area contributed by atoms with E-state index in [0.717, 1.165) is 25.3 Å². The maximum Gasteiger partial charge on any atom is 0.232 e. The van der Waals surface area contributed by atoms with E-state index in [2.05, 4.69) is 34.0 Å². The summed E-state index contributed by atoms with van der Waals surface area (Å²) in [6.45, 7) is 6.65. The number of carbonyl (C=O) groups excluding carboxylic acids is 1. The maximum absolute atomic E-state index is 13.4. The second-order valence-corrected chi connectivity index (χ2v) is 9.19. The summed E-state index contributed by atoms with van der Waals surface area (Å²) in [5, 5.41) is 7.94. The quantitative estimate of drug-likeness (QED) is 0.615. The van der Waals surface area contributed by atoms with Gasteiger partial charge in [-0.05, 0) is 26.0 Å². The highest BCUT2D eigenvalue weighted by molar-refractivity contribution is 7.14. The van der Waals surface area contributed by atoms with Gasteiger partial charge < -0.3 is 10.1 Å². The van der Waals surface area contributed by atoms with Crippen LogP contribution < -0.4 is 5.32 Å². The number of morpholine rings is 1. The Labute approximate surface area is 182 Å². The number of hydrogen-bond donors (Lipinski definition) is 1. The lowest BCUT2D eigenvalue weighted by Crippen LogP contribution is -2.44. The molecule has 0 radical (unpaired) electrons. The lowest BCUT2D eigenvalue weighted by molar-refractivity contribution is -0.115. The first-order valence-electron chi connectivity index (χ1n) is 9.77. The van der Waals surface area contributed by atoms with Crippen LogP contribution in [0.25, 0.3) is 10.6 Å². The Kier molecular flexibility index (Phi) is 6.52. The molecule has 3 aromatic rings. The van der Waals surface area contributed by atoms with E-state index in [4.69, 9.17) is 4.74 Å². The summed E-state index contributed by atoms with van der Waals surface area (Å²) >= 11 is 2.82. The molecule has 1 aliphatic rings. The van der Waals surface area contributed by atoms with Gasteiger partial charge in [0.25, 0.3) is 0 Å². The van der Waals surface area contributed by atoms with Crippen LogP contribution in [-0.2, 0) is 22.5 Å². The summed E-state index contributed by atoms with van der Waals surface area (Å²) in [6, 6.07) is 6.29. The fraction of sp³-hybridized carbons (Fsp3) is 0.381. The van der Waals surface area contributed by atoms with Crippen LogP contribution in [-0.4, -0.2) is 46.1 Å². The van der Waals surface area contributed by atoms with Crippen molar-refractivity contribution in [1.82, 2.24) is 14.9 Å². The number of nitrogens with one attached hydrogen (secondary N) is 1. The first-order chi connectivity index (χ1) is 14.4. The second-order valence-electron chi connectivity index (χ2n) is 7.47. The SMILES string of the molecule is CC1CN(Cc2csc(NC(=O)Cc3csc(-c4cccc(F)c4)n3)n2)CC(C)O1. The zero-order valence-corrected chi connectivity index (χ0v) is 18.4. The molecule has 0 aliphatic carbocycles. The molecular formula is C21H23FN4O2S2. The Morgan fingerprint density at radius 3 is 2.73 bits per heavy atom. The molecule has 1 saturated heterocycles. The number of carbonyl (C=O) groups is 1. The minimum atomic E-state index is -0.303. The molecule has 2 aromatic heterocycles. The van der Waals surface area contributed by atoms with Crippen molar-refractivity contribution < 1.29 is 13.9 Å². The van der Waals surface area contributed by atoms with Gasteiger partial charge in [0, 0.05) is 36.0 Å². The number of rotatable bonds is 6. The fourth-order valence-electron chi connectivity index (χ4n) is 3.55. The predicted octanol–water partition coefficient (Wildman–Crippen LogP) is 4.20. The fourth-order valence-corrected chi connectivity index (χ4v) is 5.08. The number of nitrogens with zero attached hydrogens (tertiary/aromatic N) is 3. The van der Waals surface area contributed by atoms with Gasteiger partial charge in [0.05, 0.1) is 30.0 Å². The van der Waals surface area contributed by atoms with E-state index in [9.17, 15) is 9.18 Å². The summed E-state index contributed by atoms with van der Waals surface area (Å²) in [7, 11) is 0. The van der Waals surface area contributed by atoms with Crippen LogP contribution in [0.3, 0.4) is 0 Å². The summed E-state index contributed by atoms with van der Waals surface area (Å²) in [5.41, 5.74) is 2.31. The van der Waals surface area contributed by atoms with Gasteiger partial charge in [-0.1, -0.05) is 12.1 Å². The van der Waals surface area contributed by atoms with Crippen LogP contribution in [0.15, 0.2) is 35.0 Å². The molecule has 1 aromatic carbocycles. The van der Waals surface area contributed by atoms with Crippen molar-refractivity contribution >= 4 is 33.7 Å². The van der Waals surface area contributed by atoms with Gasteiger partial charge in [-0.15, -0.1) is 22.7 Å². The van der Waals surface area contributed by atoms with Crippen molar-refractivity contribution in [3.8, 4) is 10.6 Å². The Bertz CT molecular complexity index is 1010. The summed E-state index contributed by atoms with van der Waals surface area (Å²) in [6.07, 6.45) is 0.572. The number of hydrogen-bond acceptors (Lipinski definition) is 7. The van der Waals surface area contributed by atoms with Crippen molar-refractivity contribution in [2.45, 2.75) is 39.0 Å². The van der Waals surface area contributed by atoms with Gasteiger partial charge in [-0.2, -0.15) is 0 Å². The molecule has 9 heteroatoms. The van der Waals surface area contributed by atoms with Gasteiger partial charge in [-0.25, -0.2) is 14.4 Å².